The minimum Gasteiger partial charge on any atom is -0.423 e. The Morgan fingerprint density at radius 2 is 2.00 bits per heavy atom. The number of hydrogen-bond acceptors (Lipinski definition) is 5. The maximum absolute atomic E-state index is 12.3. The van der Waals surface area contributed by atoms with Crippen LogP contribution in [0.4, 0.5) is 5.69 Å². The number of anilines is 1. The van der Waals surface area contributed by atoms with Crippen LogP contribution in [0.5, 0.6) is 0 Å². The number of nitrogens with two attached hydrogens (primary N) is 1. The highest BCUT2D eigenvalue weighted by atomic mass is 16.4. The molecule has 3 rings (SSSR count). The Bertz CT molecular complexity index is 595. The average molecular weight is 286 g/mol. The highest BCUT2D eigenvalue weighted by Gasteiger charge is 2.28. The summed E-state index contributed by atoms with van der Waals surface area (Å²) in [7, 11) is 0. The first-order valence-electron chi connectivity index (χ1n) is 7.17. The summed E-state index contributed by atoms with van der Waals surface area (Å²) in [6, 6.07) is 7.29. The van der Waals surface area contributed by atoms with Crippen LogP contribution in [0.2, 0.25) is 0 Å². The smallest absolute Gasteiger partial charge is 0.247 e. The number of benzene rings is 1. The van der Waals surface area contributed by atoms with E-state index in [0.717, 1.165) is 36.9 Å². The molecule has 0 aliphatic heterocycles. The van der Waals surface area contributed by atoms with E-state index in [9.17, 15) is 4.79 Å². The van der Waals surface area contributed by atoms with Crippen molar-refractivity contribution >= 4 is 11.6 Å². The van der Waals surface area contributed by atoms with Crippen LogP contribution in [0.3, 0.4) is 0 Å². The third kappa shape index (κ3) is 3.11. The maximum atomic E-state index is 12.3. The van der Waals surface area contributed by atoms with Crippen LogP contribution >= 0.6 is 0 Å². The molecule has 1 amide bonds. The Balaban J connectivity index is 1.66. The molecule has 110 valence electrons. The van der Waals surface area contributed by atoms with Gasteiger partial charge in [0.25, 0.3) is 0 Å². The van der Waals surface area contributed by atoms with E-state index in [1.807, 2.05) is 24.3 Å². The monoisotopic (exact) mass is 286 g/mol. The molecule has 21 heavy (non-hydrogen) atoms. The van der Waals surface area contributed by atoms with E-state index in [-0.39, 0.29) is 17.9 Å². The summed E-state index contributed by atoms with van der Waals surface area (Å²) in [5.74, 6) is 0.379. The summed E-state index contributed by atoms with van der Waals surface area (Å²) >= 11 is 0. The molecule has 2 unspecified atom stereocenters. The van der Waals surface area contributed by atoms with E-state index in [0.29, 0.717) is 5.89 Å². The van der Waals surface area contributed by atoms with Crippen molar-refractivity contribution in [2.45, 2.75) is 31.7 Å². The van der Waals surface area contributed by atoms with Crippen molar-refractivity contribution in [1.82, 2.24) is 10.2 Å². The summed E-state index contributed by atoms with van der Waals surface area (Å²) in [5.41, 5.74) is 7.60. The van der Waals surface area contributed by atoms with Crippen LogP contribution in [0.25, 0.3) is 11.5 Å². The summed E-state index contributed by atoms with van der Waals surface area (Å²) in [5, 5.41) is 10.4. The third-order valence-electron chi connectivity index (χ3n) is 3.92. The second-order valence-corrected chi connectivity index (χ2v) is 5.37. The molecule has 1 heterocycles. The summed E-state index contributed by atoms with van der Waals surface area (Å²) in [6.07, 6.45) is 5.27. The minimum absolute atomic E-state index is 0.00717. The van der Waals surface area contributed by atoms with Crippen molar-refractivity contribution in [2.24, 2.45) is 11.7 Å². The molecule has 3 N–H and O–H groups in total. The Morgan fingerprint density at radius 1 is 1.24 bits per heavy atom. The van der Waals surface area contributed by atoms with Gasteiger partial charge in [-0.25, -0.2) is 0 Å². The van der Waals surface area contributed by atoms with Crippen LogP contribution < -0.4 is 11.1 Å². The van der Waals surface area contributed by atoms with Gasteiger partial charge in [0.1, 0.15) is 0 Å². The number of amides is 1. The molecule has 1 saturated carbocycles. The lowest BCUT2D eigenvalue weighted by atomic mass is 9.84. The molecular weight excluding hydrogens is 268 g/mol. The fourth-order valence-electron chi connectivity index (χ4n) is 2.72. The number of hydrogen-bond donors (Lipinski definition) is 2. The Hall–Kier alpha value is -2.21. The minimum atomic E-state index is -0.0885. The van der Waals surface area contributed by atoms with Crippen LogP contribution in [-0.2, 0) is 4.79 Å². The average Bonchev–Trinajstić information content (AvgIpc) is 3.02. The van der Waals surface area contributed by atoms with E-state index in [1.54, 1.807) is 0 Å². The van der Waals surface area contributed by atoms with E-state index in [4.69, 9.17) is 10.2 Å². The van der Waals surface area contributed by atoms with Crippen LogP contribution in [-0.4, -0.2) is 22.1 Å². The zero-order valence-electron chi connectivity index (χ0n) is 11.7. The molecule has 1 aliphatic carbocycles. The molecule has 0 saturated heterocycles. The van der Waals surface area contributed by atoms with Crippen LogP contribution in [0.15, 0.2) is 35.1 Å². The largest absolute Gasteiger partial charge is 0.423 e. The number of rotatable bonds is 3. The van der Waals surface area contributed by atoms with Crippen molar-refractivity contribution in [3.05, 3.63) is 30.7 Å². The Kier molecular flexibility index (Phi) is 3.96. The normalized spacial score (nSPS) is 22.0. The molecule has 0 bridgehead atoms. The molecular formula is C15H18N4O2. The fraction of sp³-hybridized carbons (Fsp3) is 0.400. The second kappa shape index (κ2) is 6.05. The van der Waals surface area contributed by atoms with Gasteiger partial charge in [0, 0.05) is 17.3 Å². The lowest BCUT2D eigenvalue weighted by molar-refractivity contribution is -0.121. The zero-order chi connectivity index (χ0) is 14.7. The van der Waals surface area contributed by atoms with Gasteiger partial charge in [-0.05, 0) is 37.1 Å². The van der Waals surface area contributed by atoms with E-state index in [2.05, 4.69) is 15.5 Å². The fourth-order valence-corrected chi connectivity index (χ4v) is 2.72. The highest BCUT2D eigenvalue weighted by Crippen LogP contribution is 2.25. The second-order valence-electron chi connectivity index (χ2n) is 5.37. The van der Waals surface area contributed by atoms with E-state index < -0.39 is 0 Å². The number of nitrogens with one attached hydrogen (secondary N) is 1. The van der Waals surface area contributed by atoms with Gasteiger partial charge in [-0.2, -0.15) is 0 Å². The number of nitrogens with zero attached hydrogens (tertiary/aromatic N) is 2. The zero-order valence-corrected chi connectivity index (χ0v) is 11.7. The SMILES string of the molecule is NC1CCCCC1C(=O)Nc1ccc(-c2nnco2)cc1. The van der Waals surface area contributed by atoms with Gasteiger partial charge >= 0.3 is 0 Å². The molecule has 1 fully saturated rings. The van der Waals surface area contributed by atoms with Crippen LogP contribution in [0.1, 0.15) is 25.7 Å². The standard InChI is InChI=1S/C15H18N4O2/c16-13-4-2-1-3-12(13)14(20)18-11-7-5-10(6-8-11)15-19-17-9-21-15/h5-9,12-13H,1-4,16H2,(H,18,20). The summed E-state index contributed by atoms with van der Waals surface area (Å²) < 4.78 is 5.12. The quantitative estimate of drug-likeness (QED) is 0.902. The molecule has 2 atom stereocenters. The molecule has 0 spiro atoms. The maximum Gasteiger partial charge on any atom is 0.247 e. The molecule has 2 aromatic rings. The lowest BCUT2D eigenvalue weighted by Crippen LogP contribution is -2.40. The molecule has 6 nitrogen and oxygen atoms in total. The third-order valence-corrected chi connectivity index (χ3v) is 3.92. The first-order chi connectivity index (χ1) is 10.2. The number of aromatic nitrogens is 2. The first-order valence-corrected chi connectivity index (χ1v) is 7.17. The predicted octanol–water partition coefficient (Wildman–Crippen LogP) is 2.19. The topological polar surface area (TPSA) is 94.0 Å². The molecule has 6 heteroatoms. The van der Waals surface area contributed by atoms with Gasteiger partial charge in [0.15, 0.2) is 0 Å². The van der Waals surface area contributed by atoms with Crippen molar-refractivity contribution in [3.8, 4) is 11.5 Å². The molecule has 1 aliphatic rings. The van der Waals surface area contributed by atoms with Gasteiger partial charge in [0.2, 0.25) is 18.2 Å². The molecule has 0 radical (unpaired) electrons. The van der Waals surface area contributed by atoms with Crippen LogP contribution in [0, 0.1) is 5.92 Å². The number of carbonyl (C=O) groups is 1. The Morgan fingerprint density at radius 3 is 2.67 bits per heavy atom. The molecule has 1 aromatic carbocycles. The van der Waals surface area contributed by atoms with Gasteiger partial charge < -0.3 is 15.5 Å². The molecule has 1 aromatic heterocycles. The van der Waals surface area contributed by atoms with Gasteiger partial charge in [-0.15, -0.1) is 10.2 Å². The first kappa shape index (κ1) is 13.8. The van der Waals surface area contributed by atoms with Crippen molar-refractivity contribution < 1.29 is 9.21 Å². The van der Waals surface area contributed by atoms with Gasteiger partial charge in [-0.1, -0.05) is 12.8 Å². The van der Waals surface area contributed by atoms with Crippen molar-refractivity contribution in [1.29, 1.82) is 0 Å². The van der Waals surface area contributed by atoms with E-state index in [1.165, 1.54) is 6.39 Å². The van der Waals surface area contributed by atoms with Gasteiger partial charge in [0.05, 0.1) is 5.92 Å². The predicted molar refractivity (Wildman–Crippen MR) is 78.3 cm³/mol. The van der Waals surface area contributed by atoms with Crippen molar-refractivity contribution in [2.75, 3.05) is 5.32 Å². The Labute approximate surface area is 122 Å². The van der Waals surface area contributed by atoms with Crippen molar-refractivity contribution in [3.63, 3.8) is 0 Å². The van der Waals surface area contributed by atoms with Gasteiger partial charge in [-0.3, -0.25) is 4.79 Å². The van der Waals surface area contributed by atoms with E-state index >= 15 is 0 Å². The highest BCUT2D eigenvalue weighted by molar-refractivity contribution is 5.93. The summed E-state index contributed by atoms with van der Waals surface area (Å²) in [4.78, 5) is 12.3. The summed E-state index contributed by atoms with van der Waals surface area (Å²) in [6.45, 7) is 0. The number of carbonyl (C=O) groups excluding carboxylic acids is 1. The lowest BCUT2D eigenvalue weighted by Gasteiger charge is -2.27.